The normalized spacial score (nSPS) is 17.0. The summed E-state index contributed by atoms with van der Waals surface area (Å²) in [6.45, 7) is 5.51. The first-order valence-corrected chi connectivity index (χ1v) is 8.75. The number of rotatable bonds is 6. The van der Waals surface area contributed by atoms with Crippen LogP contribution in [0.2, 0.25) is 0 Å². The molecule has 1 fully saturated rings. The Morgan fingerprint density at radius 1 is 1.29 bits per heavy atom. The summed E-state index contributed by atoms with van der Waals surface area (Å²) in [5, 5.41) is 14.8. The van der Waals surface area contributed by atoms with Crippen molar-refractivity contribution in [2.24, 2.45) is 0 Å². The lowest BCUT2D eigenvalue weighted by Gasteiger charge is -2.28. The first kappa shape index (κ1) is 17.0. The number of anilines is 1. The largest absolute Gasteiger partial charge is 0.494 e. The number of aliphatic hydroxyl groups excluding tert-OH is 1. The molecule has 0 radical (unpaired) electrons. The van der Waals surface area contributed by atoms with Crippen molar-refractivity contribution < 1.29 is 9.84 Å². The lowest BCUT2D eigenvalue weighted by atomic mass is 10.1. The van der Waals surface area contributed by atoms with E-state index >= 15 is 0 Å². The van der Waals surface area contributed by atoms with Gasteiger partial charge in [0.2, 0.25) is 0 Å². The van der Waals surface area contributed by atoms with Crippen LogP contribution in [-0.2, 0) is 0 Å². The second-order valence-electron chi connectivity index (χ2n) is 6.57. The van der Waals surface area contributed by atoms with Crippen molar-refractivity contribution in [3.8, 4) is 5.75 Å². The Morgan fingerprint density at radius 2 is 2.08 bits per heavy atom. The molecule has 2 N–H and O–H groups in total. The predicted molar refractivity (Wildman–Crippen MR) is 97.8 cm³/mol. The number of pyridine rings is 1. The van der Waals surface area contributed by atoms with Gasteiger partial charge in [-0.3, -0.25) is 4.98 Å². The van der Waals surface area contributed by atoms with E-state index in [1.165, 1.54) is 19.3 Å². The molecule has 1 atom stereocenters. The highest BCUT2D eigenvalue weighted by Gasteiger charge is 2.15. The molecule has 1 aromatic heterocycles. The zero-order valence-corrected chi connectivity index (χ0v) is 14.6. The van der Waals surface area contributed by atoms with Gasteiger partial charge in [0.05, 0.1) is 13.2 Å². The number of β-amino-alcohol motifs (C(OH)–C–C–N with tert-alkyl or cyclic N) is 1. The molecule has 1 aliphatic heterocycles. The molecule has 24 heavy (non-hydrogen) atoms. The van der Waals surface area contributed by atoms with Crippen molar-refractivity contribution in [2.45, 2.75) is 32.3 Å². The fourth-order valence-corrected chi connectivity index (χ4v) is 3.42. The van der Waals surface area contributed by atoms with Gasteiger partial charge in [0.1, 0.15) is 11.3 Å². The fourth-order valence-electron chi connectivity index (χ4n) is 3.42. The Bertz CT molecular complexity index is 684. The number of aromatic nitrogens is 1. The lowest BCUT2D eigenvalue weighted by molar-refractivity contribution is 0.110. The second kappa shape index (κ2) is 7.81. The van der Waals surface area contributed by atoms with Gasteiger partial charge >= 0.3 is 0 Å². The second-order valence-corrected chi connectivity index (χ2v) is 6.57. The highest BCUT2D eigenvalue weighted by atomic mass is 16.5. The number of methoxy groups -OCH3 is 1. The Morgan fingerprint density at radius 3 is 2.83 bits per heavy atom. The zero-order chi connectivity index (χ0) is 16.9. The first-order chi connectivity index (χ1) is 11.7. The van der Waals surface area contributed by atoms with Crippen LogP contribution in [0.3, 0.4) is 0 Å². The molecule has 0 bridgehead atoms. The summed E-state index contributed by atoms with van der Waals surface area (Å²) in [6.07, 6.45) is 5.28. The molecule has 130 valence electrons. The van der Waals surface area contributed by atoms with Crippen LogP contribution >= 0.6 is 0 Å². The van der Waals surface area contributed by atoms with Gasteiger partial charge < -0.3 is 20.1 Å². The quantitative estimate of drug-likeness (QED) is 0.853. The number of likely N-dealkylation sites (tertiary alicyclic amines) is 1. The lowest BCUT2D eigenvalue weighted by Crippen LogP contribution is -2.39. The van der Waals surface area contributed by atoms with E-state index in [2.05, 4.69) is 15.2 Å². The van der Waals surface area contributed by atoms with Crippen LogP contribution in [-0.4, -0.2) is 54.4 Å². The topological polar surface area (TPSA) is 57.6 Å². The molecule has 2 heterocycles. The number of aryl methyl sites for hydroxylation is 1. The van der Waals surface area contributed by atoms with Gasteiger partial charge in [-0.2, -0.15) is 0 Å². The zero-order valence-electron chi connectivity index (χ0n) is 14.6. The van der Waals surface area contributed by atoms with E-state index in [4.69, 9.17) is 4.74 Å². The highest BCUT2D eigenvalue weighted by molar-refractivity contribution is 5.96. The van der Waals surface area contributed by atoms with Crippen LogP contribution < -0.4 is 10.1 Å². The molecule has 5 nitrogen and oxygen atoms in total. The Balaban J connectivity index is 1.71. The van der Waals surface area contributed by atoms with Gasteiger partial charge in [-0.05, 0) is 44.5 Å². The summed E-state index contributed by atoms with van der Waals surface area (Å²) < 4.78 is 5.40. The molecule has 3 rings (SSSR count). The van der Waals surface area contributed by atoms with E-state index in [0.29, 0.717) is 6.54 Å². The van der Waals surface area contributed by atoms with Gasteiger partial charge in [-0.1, -0.05) is 18.6 Å². The number of hydrogen-bond donors (Lipinski definition) is 2. The molecule has 0 aliphatic carbocycles. The number of aliphatic hydroxyl groups is 1. The molecule has 1 aliphatic rings. The van der Waals surface area contributed by atoms with Gasteiger partial charge in [0.15, 0.2) is 0 Å². The maximum Gasteiger partial charge on any atom is 0.145 e. The minimum absolute atomic E-state index is 0.378. The summed E-state index contributed by atoms with van der Waals surface area (Å²) in [7, 11) is 1.66. The molecule has 0 amide bonds. The third-order valence-electron chi connectivity index (χ3n) is 4.70. The van der Waals surface area contributed by atoms with Crippen LogP contribution in [0.5, 0.6) is 5.75 Å². The third-order valence-corrected chi connectivity index (χ3v) is 4.70. The number of fused-ring (bicyclic) bond motifs is 1. The Hall–Kier alpha value is -1.85. The van der Waals surface area contributed by atoms with Crippen molar-refractivity contribution in [2.75, 3.05) is 38.6 Å². The van der Waals surface area contributed by atoms with Crippen molar-refractivity contribution in [1.29, 1.82) is 0 Å². The van der Waals surface area contributed by atoms with Crippen molar-refractivity contribution in [1.82, 2.24) is 9.88 Å². The van der Waals surface area contributed by atoms with E-state index in [9.17, 15) is 5.11 Å². The van der Waals surface area contributed by atoms with Crippen LogP contribution in [0.1, 0.15) is 24.8 Å². The minimum atomic E-state index is -0.378. The van der Waals surface area contributed by atoms with Crippen LogP contribution in [0.4, 0.5) is 5.69 Å². The molecule has 1 saturated heterocycles. The summed E-state index contributed by atoms with van der Waals surface area (Å²) in [5.41, 5.74) is 2.94. The molecule has 0 saturated carbocycles. The average Bonchev–Trinajstić information content (AvgIpc) is 2.61. The Labute approximate surface area is 143 Å². The van der Waals surface area contributed by atoms with Crippen LogP contribution in [0, 0.1) is 6.92 Å². The first-order valence-electron chi connectivity index (χ1n) is 8.75. The number of hydrogen-bond acceptors (Lipinski definition) is 5. The minimum Gasteiger partial charge on any atom is -0.494 e. The monoisotopic (exact) mass is 329 g/mol. The van der Waals surface area contributed by atoms with Crippen molar-refractivity contribution in [3.63, 3.8) is 0 Å². The number of nitrogens with zero attached hydrogens (tertiary/aromatic N) is 2. The maximum absolute atomic E-state index is 10.4. The van der Waals surface area contributed by atoms with Gasteiger partial charge in [-0.15, -0.1) is 0 Å². The molecule has 1 aromatic carbocycles. The molecular weight excluding hydrogens is 302 g/mol. The Kier molecular flexibility index (Phi) is 5.53. The van der Waals surface area contributed by atoms with E-state index < -0.39 is 0 Å². The average molecular weight is 329 g/mol. The van der Waals surface area contributed by atoms with E-state index in [0.717, 1.165) is 47.5 Å². The van der Waals surface area contributed by atoms with Gasteiger partial charge in [0, 0.05) is 30.4 Å². The van der Waals surface area contributed by atoms with Crippen LogP contribution in [0.15, 0.2) is 24.4 Å². The number of para-hydroxylation sites is 1. The molecule has 0 spiro atoms. The standard InChI is InChI=1S/C19H27N3O2/c1-14-11-20-19-16(7-6-8-17(19)24-2)18(14)21-12-15(23)13-22-9-4-3-5-10-22/h6-8,11,15,23H,3-5,9-10,12-13H2,1-2H3,(H,20,21). The summed E-state index contributed by atoms with van der Waals surface area (Å²) in [6, 6.07) is 5.93. The number of benzene rings is 1. The number of ether oxygens (including phenoxy) is 1. The fraction of sp³-hybridized carbons (Fsp3) is 0.526. The molecule has 5 heteroatoms. The molecular formula is C19H27N3O2. The van der Waals surface area contributed by atoms with E-state index in [1.54, 1.807) is 7.11 Å². The van der Waals surface area contributed by atoms with Gasteiger partial charge in [0.25, 0.3) is 0 Å². The smallest absolute Gasteiger partial charge is 0.145 e. The van der Waals surface area contributed by atoms with Crippen molar-refractivity contribution >= 4 is 16.6 Å². The number of nitrogens with one attached hydrogen (secondary N) is 1. The third kappa shape index (κ3) is 3.79. The van der Waals surface area contributed by atoms with Crippen molar-refractivity contribution in [3.05, 3.63) is 30.0 Å². The summed E-state index contributed by atoms with van der Waals surface area (Å²) >= 11 is 0. The van der Waals surface area contributed by atoms with Crippen LogP contribution in [0.25, 0.3) is 10.9 Å². The summed E-state index contributed by atoms with van der Waals surface area (Å²) in [4.78, 5) is 6.85. The predicted octanol–water partition coefficient (Wildman–Crippen LogP) is 2.81. The van der Waals surface area contributed by atoms with E-state index in [-0.39, 0.29) is 6.10 Å². The molecule has 1 unspecified atom stereocenters. The van der Waals surface area contributed by atoms with E-state index in [1.807, 2.05) is 31.3 Å². The summed E-state index contributed by atoms with van der Waals surface area (Å²) in [5.74, 6) is 0.768. The maximum atomic E-state index is 10.4. The molecule has 2 aromatic rings. The number of piperidine rings is 1. The van der Waals surface area contributed by atoms with Gasteiger partial charge in [-0.25, -0.2) is 0 Å². The highest BCUT2D eigenvalue weighted by Crippen LogP contribution is 2.31. The SMILES string of the molecule is COc1cccc2c(NCC(O)CN3CCCCC3)c(C)cnc12.